The Bertz CT molecular complexity index is 737. The lowest BCUT2D eigenvalue weighted by molar-refractivity contribution is -0.141. The first-order chi connectivity index (χ1) is 9.97. The number of furan rings is 1. The van der Waals surface area contributed by atoms with Crippen LogP contribution in [-0.4, -0.2) is 34.5 Å². The fraction of sp³-hybridized carbons (Fsp3) is 0.333. The van der Waals surface area contributed by atoms with Crippen molar-refractivity contribution in [2.45, 2.75) is 25.8 Å². The van der Waals surface area contributed by atoms with Crippen LogP contribution in [0.5, 0.6) is 0 Å². The topological polar surface area (TPSA) is 70.8 Å². The van der Waals surface area contributed by atoms with Crippen LogP contribution in [-0.2, 0) is 4.79 Å². The first kappa shape index (κ1) is 14.1. The first-order valence-corrected chi connectivity index (χ1v) is 7.50. The number of likely N-dealkylation sites (tertiary alicyclic amines) is 1. The molecule has 1 aromatic heterocycles. The molecule has 1 aliphatic rings. The van der Waals surface area contributed by atoms with E-state index >= 15 is 0 Å². The molecule has 110 valence electrons. The number of carbonyl (C=O) groups excluding carboxylic acids is 1. The number of fused-ring (bicyclic) bond motifs is 1. The molecule has 21 heavy (non-hydrogen) atoms. The Balaban J connectivity index is 1.98. The Morgan fingerprint density at radius 1 is 1.38 bits per heavy atom. The number of rotatable bonds is 2. The fourth-order valence-corrected chi connectivity index (χ4v) is 3.39. The molecule has 6 heteroatoms. The number of aliphatic carboxylic acids is 1. The fourth-order valence-electron chi connectivity index (χ4n) is 2.80. The van der Waals surface area contributed by atoms with Gasteiger partial charge < -0.3 is 14.4 Å². The Kier molecular flexibility index (Phi) is 3.49. The van der Waals surface area contributed by atoms with E-state index in [9.17, 15) is 9.59 Å². The Hall–Kier alpha value is -1.82. The summed E-state index contributed by atoms with van der Waals surface area (Å²) in [6, 6.07) is 4.71. The summed E-state index contributed by atoms with van der Waals surface area (Å²) in [4.78, 5) is 25.1. The average molecular weight is 352 g/mol. The number of nitrogens with zero attached hydrogens (tertiary/aromatic N) is 1. The minimum absolute atomic E-state index is 0.194. The highest BCUT2D eigenvalue weighted by atomic mass is 79.9. The van der Waals surface area contributed by atoms with Gasteiger partial charge in [-0.3, -0.25) is 4.79 Å². The Labute approximate surface area is 129 Å². The van der Waals surface area contributed by atoms with Gasteiger partial charge in [0.1, 0.15) is 11.6 Å². The van der Waals surface area contributed by atoms with Gasteiger partial charge in [0.15, 0.2) is 5.76 Å². The number of aryl methyl sites for hydroxylation is 1. The molecule has 1 atom stereocenters. The zero-order valence-electron chi connectivity index (χ0n) is 11.4. The van der Waals surface area contributed by atoms with Gasteiger partial charge in [0.25, 0.3) is 5.91 Å². The molecular weight excluding hydrogens is 338 g/mol. The van der Waals surface area contributed by atoms with Crippen molar-refractivity contribution in [2.75, 3.05) is 6.54 Å². The number of halogens is 1. The monoisotopic (exact) mass is 351 g/mol. The Morgan fingerprint density at radius 2 is 2.14 bits per heavy atom. The number of hydrogen-bond acceptors (Lipinski definition) is 3. The number of carboxylic acids is 1. The average Bonchev–Trinajstić information content (AvgIpc) is 3.03. The maximum atomic E-state index is 12.5. The van der Waals surface area contributed by atoms with E-state index in [-0.39, 0.29) is 11.7 Å². The van der Waals surface area contributed by atoms with Crippen molar-refractivity contribution < 1.29 is 19.1 Å². The molecule has 0 spiro atoms. The summed E-state index contributed by atoms with van der Waals surface area (Å²) in [5, 5.41) is 10.00. The zero-order valence-corrected chi connectivity index (χ0v) is 13.0. The minimum atomic E-state index is -0.962. The molecule has 3 rings (SSSR count). The maximum absolute atomic E-state index is 12.5. The largest absolute Gasteiger partial charge is 0.480 e. The van der Waals surface area contributed by atoms with Gasteiger partial charge in [-0.2, -0.15) is 0 Å². The summed E-state index contributed by atoms with van der Waals surface area (Å²) in [6.45, 7) is 2.36. The van der Waals surface area contributed by atoms with E-state index in [1.54, 1.807) is 6.07 Å². The highest BCUT2D eigenvalue weighted by molar-refractivity contribution is 9.10. The van der Waals surface area contributed by atoms with Crippen LogP contribution < -0.4 is 0 Å². The minimum Gasteiger partial charge on any atom is -0.480 e. The second kappa shape index (κ2) is 5.18. The lowest BCUT2D eigenvalue weighted by atomic mass is 10.2. The van der Waals surface area contributed by atoms with Crippen molar-refractivity contribution >= 4 is 38.8 Å². The maximum Gasteiger partial charge on any atom is 0.326 e. The summed E-state index contributed by atoms with van der Waals surface area (Å²) in [7, 11) is 0. The molecule has 1 aliphatic heterocycles. The lowest BCUT2D eigenvalue weighted by Crippen LogP contribution is -2.40. The van der Waals surface area contributed by atoms with Gasteiger partial charge in [-0.15, -0.1) is 0 Å². The second-order valence-corrected chi connectivity index (χ2v) is 6.16. The van der Waals surface area contributed by atoms with Crippen molar-refractivity contribution in [1.29, 1.82) is 0 Å². The van der Waals surface area contributed by atoms with Gasteiger partial charge in [0.2, 0.25) is 0 Å². The van der Waals surface area contributed by atoms with E-state index < -0.39 is 12.0 Å². The third kappa shape index (κ3) is 2.44. The van der Waals surface area contributed by atoms with E-state index in [0.717, 1.165) is 15.4 Å². The van der Waals surface area contributed by atoms with E-state index in [2.05, 4.69) is 15.9 Å². The number of carbonyl (C=O) groups is 2. The molecule has 0 bridgehead atoms. The van der Waals surface area contributed by atoms with Crippen LogP contribution in [0.3, 0.4) is 0 Å². The summed E-state index contributed by atoms with van der Waals surface area (Å²) in [6.07, 6.45) is 1.19. The van der Waals surface area contributed by atoms with Gasteiger partial charge in [-0.05, 0) is 43.5 Å². The van der Waals surface area contributed by atoms with Crippen molar-refractivity contribution in [1.82, 2.24) is 4.90 Å². The molecule has 0 saturated carbocycles. The second-order valence-electron chi connectivity index (χ2n) is 5.25. The third-order valence-corrected chi connectivity index (χ3v) is 4.23. The van der Waals surface area contributed by atoms with E-state index in [1.165, 1.54) is 4.90 Å². The van der Waals surface area contributed by atoms with Gasteiger partial charge >= 0.3 is 5.97 Å². The molecule has 0 radical (unpaired) electrons. The van der Waals surface area contributed by atoms with Gasteiger partial charge in [0, 0.05) is 16.4 Å². The standard InChI is InChI=1S/C15H14BrNO4/c1-8-5-10(16)6-9-7-12(21-13(8)9)14(18)17-4-2-3-11(17)15(19)20/h5-7,11H,2-4H2,1H3,(H,19,20)/t11-/m0/s1. The highest BCUT2D eigenvalue weighted by Crippen LogP contribution is 2.29. The molecule has 0 aliphatic carbocycles. The molecule has 2 heterocycles. The number of benzene rings is 1. The lowest BCUT2D eigenvalue weighted by Gasteiger charge is -2.19. The van der Waals surface area contributed by atoms with Crippen LogP contribution in [0.15, 0.2) is 27.1 Å². The SMILES string of the molecule is Cc1cc(Br)cc2cc(C(=O)N3CCC[C@H]3C(=O)O)oc12. The van der Waals surface area contributed by atoms with E-state index in [4.69, 9.17) is 9.52 Å². The van der Waals surface area contributed by atoms with Crippen LogP contribution in [0.2, 0.25) is 0 Å². The van der Waals surface area contributed by atoms with E-state index in [0.29, 0.717) is 25.0 Å². The molecule has 1 fully saturated rings. The summed E-state index contributed by atoms with van der Waals surface area (Å²) in [5.74, 6) is -1.12. The highest BCUT2D eigenvalue weighted by Gasteiger charge is 2.35. The predicted molar refractivity (Wildman–Crippen MR) is 80.3 cm³/mol. The van der Waals surface area contributed by atoms with Crippen LogP contribution in [0, 0.1) is 6.92 Å². The van der Waals surface area contributed by atoms with Crippen LogP contribution in [0.1, 0.15) is 29.0 Å². The molecule has 1 amide bonds. The number of hydrogen-bond donors (Lipinski definition) is 1. The molecule has 1 saturated heterocycles. The summed E-state index contributed by atoms with van der Waals surface area (Å²) >= 11 is 3.41. The summed E-state index contributed by atoms with van der Waals surface area (Å²) in [5.41, 5.74) is 1.59. The van der Waals surface area contributed by atoms with Crippen LogP contribution in [0.25, 0.3) is 11.0 Å². The van der Waals surface area contributed by atoms with Crippen LogP contribution in [0.4, 0.5) is 0 Å². The van der Waals surface area contributed by atoms with Crippen molar-refractivity contribution in [3.8, 4) is 0 Å². The van der Waals surface area contributed by atoms with Crippen molar-refractivity contribution in [3.05, 3.63) is 34.0 Å². The zero-order chi connectivity index (χ0) is 15.1. The first-order valence-electron chi connectivity index (χ1n) is 6.71. The van der Waals surface area contributed by atoms with Gasteiger partial charge in [-0.1, -0.05) is 15.9 Å². The molecule has 2 aromatic rings. The molecule has 1 N–H and O–H groups in total. The molecule has 5 nitrogen and oxygen atoms in total. The van der Waals surface area contributed by atoms with Crippen LogP contribution >= 0.6 is 15.9 Å². The Morgan fingerprint density at radius 3 is 2.86 bits per heavy atom. The molecule has 0 unspecified atom stereocenters. The normalized spacial score (nSPS) is 18.4. The van der Waals surface area contributed by atoms with Crippen molar-refractivity contribution in [3.63, 3.8) is 0 Å². The van der Waals surface area contributed by atoms with Crippen molar-refractivity contribution in [2.24, 2.45) is 0 Å². The molecular formula is C15H14BrNO4. The molecule has 1 aromatic carbocycles. The number of amides is 1. The quantitative estimate of drug-likeness (QED) is 0.901. The predicted octanol–water partition coefficient (Wildman–Crippen LogP) is 3.19. The summed E-state index contributed by atoms with van der Waals surface area (Å²) < 4.78 is 6.56. The smallest absolute Gasteiger partial charge is 0.326 e. The number of carboxylic acid groups (broad SMARTS) is 1. The van der Waals surface area contributed by atoms with Gasteiger partial charge in [0.05, 0.1) is 0 Å². The van der Waals surface area contributed by atoms with E-state index in [1.807, 2.05) is 19.1 Å². The third-order valence-electron chi connectivity index (χ3n) is 3.78. The van der Waals surface area contributed by atoms with Gasteiger partial charge in [-0.25, -0.2) is 4.79 Å².